The van der Waals surface area contributed by atoms with Crippen LogP contribution in [0.1, 0.15) is 34.8 Å². The minimum Gasteiger partial charge on any atom is -0.480 e. The van der Waals surface area contributed by atoms with Gasteiger partial charge in [-0.15, -0.1) is 0 Å². The number of pyridine rings is 1. The van der Waals surface area contributed by atoms with Crippen molar-refractivity contribution in [3.8, 4) is 0 Å². The fourth-order valence-electron chi connectivity index (χ4n) is 3.07. The van der Waals surface area contributed by atoms with Gasteiger partial charge in [-0.3, -0.25) is 14.3 Å². The van der Waals surface area contributed by atoms with E-state index < -0.39 is 5.97 Å². The van der Waals surface area contributed by atoms with E-state index in [0.717, 1.165) is 18.5 Å². The lowest BCUT2D eigenvalue weighted by molar-refractivity contribution is -0.137. The molecular formula is C16H19N5O3. The fourth-order valence-corrected chi connectivity index (χ4v) is 3.07. The van der Waals surface area contributed by atoms with Crippen LogP contribution in [-0.2, 0) is 11.3 Å². The number of carboxylic acids is 1. The highest BCUT2D eigenvalue weighted by Crippen LogP contribution is 2.27. The first-order chi connectivity index (χ1) is 11.5. The van der Waals surface area contributed by atoms with E-state index in [4.69, 9.17) is 10.8 Å². The number of nitrogen functional groups attached to an aromatic ring is 1. The molecule has 0 spiro atoms. The number of piperidine rings is 1. The second-order valence-corrected chi connectivity index (χ2v) is 5.87. The Labute approximate surface area is 138 Å². The second kappa shape index (κ2) is 6.69. The Hall–Kier alpha value is -2.90. The van der Waals surface area contributed by atoms with E-state index in [1.54, 1.807) is 23.2 Å². The maximum atomic E-state index is 12.6. The van der Waals surface area contributed by atoms with Crippen molar-refractivity contribution < 1.29 is 14.7 Å². The van der Waals surface area contributed by atoms with Gasteiger partial charge in [-0.05, 0) is 31.0 Å². The lowest BCUT2D eigenvalue weighted by Crippen LogP contribution is -2.39. The Morgan fingerprint density at radius 3 is 2.88 bits per heavy atom. The van der Waals surface area contributed by atoms with Gasteiger partial charge in [-0.1, -0.05) is 0 Å². The number of amides is 1. The largest absolute Gasteiger partial charge is 0.480 e. The molecule has 3 heterocycles. The summed E-state index contributed by atoms with van der Waals surface area (Å²) in [5, 5.41) is 13.1. The summed E-state index contributed by atoms with van der Waals surface area (Å²) in [6.07, 6.45) is 4.84. The van der Waals surface area contributed by atoms with E-state index in [1.165, 1.54) is 10.9 Å². The molecular weight excluding hydrogens is 310 g/mol. The lowest BCUT2D eigenvalue weighted by Gasteiger charge is -2.33. The summed E-state index contributed by atoms with van der Waals surface area (Å²) < 4.78 is 1.49. The number of carbonyl (C=O) groups excluding carboxylic acids is 1. The number of nitrogens with zero attached hydrogens (tertiary/aromatic N) is 4. The molecule has 8 heteroatoms. The molecule has 2 aromatic heterocycles. The van der Waals surface area contributed by atoms with E-state index in [-0.39, 0.29) is 18.4 Å². The first-order valence-corrected chi connectivity index (χ1v) is 7.79. The molecule has 0 unspecified atom stereocenters. The van der Waals surface area contributed by atoms with Crippen LogP contribution in [0.3, 0.4) is 0 Å². The first kappa shape index (κ1) is 16.0. The number of carbonyl (C=O) groups is 2. The van der Waals surface area contributed by atoms with E-state index in [9.17, 15) is 9.59 Å². The number of nitrogens with two attached hydrogens (primary N) is 1. The second-order valence-electron chi connectivity index (χ2n) is 5.87. The van der Waals surface area contributed by atoms with Gasteiger partial charge < -0.3 is 15.7 Å². The predicted molar refractivity (Wildman–Crippen MR) is 86.4 cm³/mol. The molecule has 0 aromatic carbocycles. The standard InChI is InChI=1S/C16H19N5O3/c17-14-4-3-11(8-18-14)16(24)20-7-1-2-12(9-20)13-5-6-19-21(13)10-15(22)23/h3-6,8,12H,1-2,7,9-10H2,(H2,17,18)(H,22,23)/t12-/m0/s1. The van der Waals surface area contributed by atoms with Crippen LogP contribution >= 0.6 is 0 Å². The normalized spacial score (nSPS) is 17.7. The predicted octanol–water partition coefficient (Wildman–Crippen LogP) is 0.965. The number of hydrogen-bond acceptors (Lipinski definition) is 5. The van der Waals surface area contributed by atoms with Crippen molar-refractivity contribution in [3.63, 3.8) is 0 Å². The average Bonchev–Trinajstić information content (AvgIpc) is 3.02. The highest BCUT2D eigenvalue weighted by atomic mass is 16.4. The van der Waals surface area contributed by atoms with E-state index in [2.05, 4.69) is 10.1 Å². The number of aliphatic carboxylic acids is 1. The van der Waals surface area contributed by atoms with Gasteiger partial charge in [0.05, 0.1) is 5.56 Å². The van der Waals surface area contributed by atoms with Crippen LogP contribution < -0.4 is 5.73 Å². The van der Waals surface area contributed by atoms with Crippen LogP contribution in [-0.4, -0.2) is 49.7 Å². The van der Waals surface area contributed by atoms with Gasteiger partial charge in [0.1, 0.15) is 12.4 Å². The van der Waals surface area contributed by atoms with Crippen LogP contribution in [0, 0.1) is 0 Å². The van der Waals surface area contributed by atoms with Crippen molar-refractivity contribution in [1.29, 1.82) is 0 Å². The molecule has 1 aliphatic rings. The van der Waals surface area contributed by atoms with Crippen molar-refractivity contribution in [2.24, 2.45) is 0 Å². The van der Waals surface area contributed by atoms with Crippen molar-refractivity contribution >= 4 is 17.7 Å². The number of rotatable bonds is 4. The van der Waals surface area contributed by atoms with Crippen molar-refractivity contribution in [2.75, 3.05) is 18.8 Å². The third kappa shape index (κ3) is 3.37. The molecule has 1 amide bonds. The van der Waals surface area contributed by atoms with Gasteiger partial charge in [0, 0.05) is 37.1 Å². The Balaban J connectivity index is 1.75. The van der Waals surface area contributed by atoms with Gasteiger partial charge >= 0.3 is 5.97 Å². The van der Waals surface area contributed by atoms with Crippen LogP contribution in [0.5, 0.6) is 0 Å². The molecule has 1 saturated heterocycles. The van der Waals surface area contributed by atoms with E-state index in [0.29, 0.717) is 24.5 Å². The highest BCUT2D eigenvalue weighted by molar-refractivity contribution is 5.94. The van der Waals surface area contributed by atoms with Crippen LogP contribution in [0.25, 0.3) is 0 Å². The quantitative estimate of drug-likeness (QED) is 0.863. The fraction of sp³-hybridized carbons (Fsp3) is 0.375. The number of anilines is 1. The molecule has 1 aliphatic heterocycles. The molecule has 126 valence electrons. The minimum absolute atomic E-state index is 0.0753. The number of aromatic nitrogens is 3. The third-order valence-corrected chi connectivity index (χ3v) is 4.19. The van der Waals surface area contributed by atoms with Gasteiger partial charge in [0.25, 0.3) is 5.91 Å². The zero-order chi connectivity index (χ0) is 17.1. The van der Waals surface area contributed by atoms with E-state index >= 15 is 0 Å². The minimum atomic E-state index is -0.934. The smallest absolute Gasteiger partial charge is 0.325 e. The summed E-state index contributed by atoms with van der Waals surface area (Å²) in [5.74, 6) is -0.569. The first-order valence-electron chi connectivity index (χ1n) is 7.79. The molecule has 2 aromatic rings. The Morgan fingerprint density at radius 1 is 1.33 bits per heavy atom. The lowest BCUT2D eigenvalue weighted by atomic mass is 9.94. The maximum absolute atomic E-state index is 12.6. The highest BCUT2D eigenvalue weighted by Gasteiger charge is 2.27. The van der Waals surface area contributed by atoms with Gasteiger partial charge in [-0.25, -0.2) is 4.98 Å². The van der Waals surface area contributed by atoms with E-state index in [1.807, 2.05) is 6.07 Å². The molecule has 0 bridgehead atoms. The molecule has 1 fully saturated rings. The molecule has 0 radical (unpaired) electrons. The monoisotopic (exact) mass is 329 g/mol. The molecule has 3 N–H and O–H groups in total. The zero-order valence-corrected chi connectivity index (χ0v) is 13.1. The van der Waals surface area contributed by atoms with Crippen LogP contribution in [0.15, 0.2) is 30.6 Å². The molecule has 0 aliphatic carbocycles. The van der Waals surface area contributed by atoms with Gasteiger partial charge in [-0.2, -0.15) is 5.10 Å². The number of hydrogen-bond donors (Lipinski definition) is 2. The van der Waals surface area contributed by atoms with Crippen LogP contribution in [0.4, 0.5) is 5.82 Å². The topological polar surface area (TPSA) is 114 Å². The molecule has 3 rings (SSSR count). The van der Waals surface area contributed by atoms with Crippen molar-refractivity contribution in [2.45, 2.75) is 25.3 Å². The van der Waals surface area contributed by atoms with Gasteiger partial charge in [0.2, 0.25) is 0 Å². The molecule has 1 atom stereocenters. The maximum Gasteiger partial charge on any atom is 0.325 e. The SMILES string of the molecule is Nc1ccc(C(=O)N2CCC[C@H](c3ccnn3CC(=O)O)C2)cn1. The Bertz CT molecular complexity index is 740. The summed E-state index contributed by atoms with van der Waals surface area (Å²) in [6.45, 7) is 1.04. The van der Waals surface area contributed by atoms with Crippen LogP contribution in [0.2, 0.25) is 0 Å². The molecule has 0 saturated carbocycles. The molecule has 24 heavy (non-hydrogen) atoms. The Morgan fingerprint density at radius 2 is 2.17 bits per heavy atom. The third-order valence-electron chi connectivity index (χ3n) is 4.19. The molecule has 8 nitrogen and oxygen atoms in total. The van der Waals surface area contributed by atoms with Gasteiger partial charge in [0.15, 0.2) is 0 Å². The number of likely N-dealkylation sites (tertiary alicyclic amines) is 1. The summed E-state index contributed by atoms with van der Waals surface area (Å²) >= 11 is 0. The van der Waals surface area contributed by atoms with Crippen molar-refractivity contribution in [3.05, 3.63) is 41.9 Å². The summed E-state index contributed by atoms with van der Waals surface area (Å²) in [7, 11) is 0. The zero-order valence-electron chi connectivity index (χ0n) is 13.1. The summed E-state index contributed by atoms with van der Waals surface area (Å²) in [5.41, 5.74) is 6.91. The Kier molecular flexibility index (Phi) is 4.45. The summed E-state index contributed by atoms with van der Waals surface area (Å²) in [4.78, 5) is 29.3. The summed E-state index contributed by atoms with van der Waals surface area (Å²) in [6, 6.07) is 5.10. The average molecular weight is 329 g/mol. The number of carboxylic acid groups (broad SMARTS) is 1. The van der Waals surface area contributed by atoms with Crippen molar-refractivity contribution in [1.82, 2.24) is 19.7 Å².